The van der Waals surface area contributed by atoms with Gasteiger partial charge >= 0.3 is 0 Å². The van der Waals surface area contributed by atoms with E-state index in [1.54, 1.807) is 7.11 Å². The molecule has 0 radical (unpaired) electrons. The van der Waals surface area contributed by atoms with Crippen molar-refractivity contribution in [1.29, 1.82) is 0 Å². The Morgan fingerprint density at radius 3 is 2.25 bits per heavy atom. The molecule has 0 aromatic heterocycles. The third kappa shape index (κ3) is 5.17. The molecule has 0 saturated heterocycles. The van der Waals surface area contributed by atoms with Crippen LogP contribution in [-0.4, -0.2) is 49.7 Å². The van der Waals surface area contributed by atoms with Crippen LogP contribution in [0.15, 0.2) is 18.2 Å². The Bertz CT molecular complexity index is 784. The molecule has 2 atom stereocenters. The number of fused-ring (bicyclic) bond motifs is 1. The van der Waals surface area contributed by atoms with Crippen molar-refractivity contribution in [2.75, 3.05) is 32.8 Å². The van der Waals surface area contributed by atoms with E-state index in [1.165, 1.54) is 0 Å². The number of rotatable bonds is 7. The summed E-state index contributed by atoms with van der Waals surface area (Å²) in [4.78, 5) is 0. The minimum Gasteiger partial charge on any atom is -0.496 e. The Labute approximate surface area is 143 Å². The molecule has 0 saturated carbocycles. The summed E-state index contributed by atoms with van der Waals surface area (Å²) in [6.45, 7) is -0.0654. The highest BCUT2D eigenvalue weighted by Crippen LogP contribution is 2.40. The zero-order valence-electron chi connectivity index (χ0n) is 13.9. The molecule has 136 valence electrons. The first kappa shape index (κ1) is 19.2. The van der Waals surface area contributed by atoms with E-state index in [-0.39, 0.29) is 25.0 Å². The predicted molar refractivity (Wildman–Crippen MR) is 89.1 cm³/mol. The lowest BCUT2D eigenvalue weighted by Crippen LogP contribution is -2.29. The van der Waals surface area contributed by atoms with Crippen LogP contribution in [0.4, 0.5) is 0 Å². The van der Waals surface area contributed by atoms with E-state index < -0.39 is 20.2 Å². The molecule has 0 fully saturated rings. The minimum absolute atomic E-state index is 0.00667. The van der Waals surface area contributed by atoms with Crippen molar-refractivity contribution in [2.24, 2.45) is 5.92 Å². The van der Waals surface area contributed by atoms with Gasteiger partial charge in [-0.05, 0) is 36.0 Å². The molecule has 24 heavy (non-hydrogen) atoms. The Balaban J connectivity index is 2.31. The van der Waals surface area contributed by atoms with Gasteiger partial charge in [-0.25, -0.2) is 0 Å². The van der Waals surface area contributed by atoms with Gasteiger partial charge in [0.15, 0.2) is 0 Å². The largest absolute Gasteiger partial charge is 0.496 e. The summed E-state index contributed by atoms with van der Waals surface area (Å²) in [6.07, 6.45) is 3.34. The first-order valence-electron chi connectivity index (χ1n) is 7.45. The van der Waals surface area contributed by atoms with Crippen molar-refractivity contribution in [3.05, 3.63) is 29.3 Å². The molecule has 7 nitrogen and oxygen atoms in total. The molecule has 1 aliphatic carbocycles. The smallest absolute Gasteiger partial charge is 0.264 e. The van der Waals surface area contributed by atoms with Crippen LogP contribution < -0.4 is 4.74 Å². The third-order valence-electron chi connectivity index (χ3n) is 4.08. The van der Waals surface area contributed by atoms with Gasteiger partial charge in [-0.2, -0.15) is 16.8 Å². The van der Waals surface area contributed by atoms with E-state index >= 15 is 0 Å². The summed E-state index contributed by atoms with van der Waals surface area (Å²) in [5.74, 6) is 0.278. The fourth-order valence-corrected chi connectivity index (χ4v) is 3.82. The zero-order valence-corrected chi connectivity index (χ0v) is 15.5. The summed E-state index contributed by atoms with van der Waals surface area (Å²) in [6, 6.07) is 5.56. The molecule has 1 aromatic carbocycles. The van der Waals surface area contributed by atoms with Gasteiger partial charge < -0.3 is 4.74 Å². The summed E-state index contributed by atoms with van der Waals surface area (Å²) in [5.41, 5.74) is 1.91. The van der Waals surface area contributed by atoms with E-state index in [4.69, 9.17) is 13.1 Å². The second-order valence-corrected chi connectivity index (χ2v) is 9.20. The van der Waals surface area contributed by atoms with E-state index in [0.29, 0.717) is 12.8 Å². The molecule has 0 aliphatic heterocycles. The molecule has 0 unspecified atom stereocenters. The van der Waals surface area contributed by atoms with Gasteiger partial charge in [0.1, 0.15) is 5.75 Å². The number of methoxy groups -OCH3 is 1. The van der Waals surface area contributed by atoms with Crippen molar-refractivity contribution in [3.63, 3.8) is 0 Å². The summed E-state index contributed by atoms with van der Waals surface area (Å²) in [7, 11) is -5.58. The monoisotopic (exact) mass is 378 g/mol. The maximum atomic E-state index is 11.4. The minimum atomic E-state index is -3.60. The maximum absolute atomic E-state index is 11.4. The second-order valence-electron chi connectivity index (χ2n) is 5.91. The highest BCUT2D eigenvalue weighted by Gasteiger charge is 2.33. The van der Waals surface area contributed by atoms with Gasteiger partial charge in [0.05, 0.1) is 32.8 Å². The number of hydrogen-bond donors (Lipinski definition) is 0. The molecule has 2 rings (SSSR count). The molecule has 9 heteroatoms. The van der Waals surface area contributed by atoms with Gasteiger partial charge in [-0.3, -0.25) is 8.37 Å². The average Bonchev–Trinajstić information content (AvgIpc) is 2.48. The fourth-order valence-electron chi connectivity index (χ4n) is 3.01. The summed E-state index contributed by atoms with van der Waals surface area (Å²) < 4.78 is 60.6. The molecule has 0 heterocycles. The van der Waals surface area contributed by atoms with E-state index in [1.807, 2.05) is 18.2 Å². The van der Waals surface area contributed by atoms with Crippen molar-refractivity contribution < 1.29 is 29.9 Å². The van der Waals surface area contributed by atoms with Crippen LogP contribution in [0.1, 0.15) is 23.5 Å². The van der Waals surface area contributed by atoms with Crippen LogP contribution in [0.25, 0.3) is 0 Å². The standard InChI is InChI=1S/C15H22O7S2/c1-20-15-6-4-5-12-13(15)8-7-11(9-21-23(2,16)17)14(12)10-22-24(3,18)19/h4-6,11,14H,7-10H2,1-3H3/t11-,14+/m0/s1. The highest BCUT2D eigenvalue weighted by atomic mass is 32.2. The molecule has 0 N–H and O–H groups in total. The lowest BCUT2D eigenvalue weighted by molar-refractivity contribution is 0.174. The van der Waals surface area contributed by atoms with Crippen LogP contribution in [0.5, 0.6) is 5.75 Å². The van der Waals surface area contributed by atoms with E-state index in [9.17, 15) is 16.8 Å². The van der Waals surface area contributed by atoms with Crippen LogP contribution in [-0.2, 0) is 35.0 Å². The first-order chi connectivity index (χ1) is 11.1. The molecule has 1 aliphatic rings. The van der Waals surface area contributed by atoms with Gasteiger partial charge in [0, 0.05) is 5.92 Å². The molecule has 0 bridgehead atoms. The van der Waals surface area contributed by atoms with Gasteiger partial charge in [-0.1, -0.05) is 12.1 Å². The topological polar surface area (TPSA) is 96.0 Å². The quantitative estimate of drug-likeness (QED) is 0.660. The molecular formula is C15H22O7S2. The van der Waals surface area contributed by atoms with Gasteiger partial charge in [0.2, 0.25) is 0 Å². The number of ether oxygens (including phenoxy) is 1. The van der Waals surface area contributed by atoms with Crippen LogP contribution in [0, 0.1) is 5.92 Å². The Morgan fingerprint density at radius 2 is 1.67 bits per heavy atom. The maximum Gasteiger partial charge on any atom is 0.264 e. The van der Waals surface area contributed by atoms with Crippen molar-refractivity contribution in [1.82, 2.24) is 0 Å². The summed E-state index contributed by atoms with van der Waals surface area (Å²) >= 11 is 0. The van der Waals surface area contributed by atoms with Gasteiger partial charge in [0.25, 0.3) is 20.2 Å². The first-order valence-corrected chi connectivity index (χ1v) is 11.1. The van der Waals surface area contributed by atoms with Crippen molar-refractivity contribution in [3.8, 4) is 5.75 Å². The predicted octanol–water partition coefficient (Wildman–Crippen LogP) is 1.29. The number of hydrogen-bond acceptors (Lipinski definition) is 7. The Hall–Kier alpha value is -1.16. The molecule has 1 aromatic rings. The van der Waals surface area contributed by atoms with Crippen LogP contribution in [0.2, 0.25) is 0 Å². The second kappa shape index (κ2) is 7.38. The molecule has 0 spiro atoms. The fraction of sp³-hybridized carbons (Fsp3) is 0.600. The average molecular weight is 378 g/mol. The highest BCUT2D eigenvalue weighted by molar-refractivity contribution is 7.86. The van der Waals surface area contributed by atoms with Crippen LogP contribution in [0.3, 0.4) is 0 Å². The molecule has 0 amide bonds. The lowest BCUT2D eigenvalue weighted by atomic mass is 9.75. The van der Waals surface area contributed by atoms with E-state index in [2.05, 4.69) is 0 Å². The van der Waals surface area contributed by atoms with Crippen molar-refractivity contribution in [2.45, 2.75) is 18.8 Å². The summed E-state index contributed by atoms with van der Waals surface area (Å²) in [5, 5.41) is 0. The SMILES string of the molecule is COc1cccc2c1CC[C@@H](COS(C)(=O)=O)[C@H]2COS(C)(=O)=O. The number of benzene rings is 1. The Morgan fingerprint density at radius 1 is 1.04 bits per heavy atom. The normalized spacial score (nSPS) is 21.3. The third-order valence-corrected chi connectivity index (χ3v) is 5.21. The van der Waals surface area contributed by atoms with Crippen molar-refractivity contribution >= 4 is 20.2 Å². The van der Waals surface area contributed by atoms with Crippen LogP contribution >= 0.6 is 0 Å². The van der Waals surface area contributed by atoms with Gasteiger partial charge in [-0.15, -0.1) is 0 Å². The molecular weight excluding hydrogens is 356 g/mol. The van der Waals surface area contributed by atoms with E-state index in [0.717, 1.165) is 29.4 Å². The lowest BCUT2D eigenvalue weighted by Gasteiger charge is -2.33. The zero-order chi connectivity index (χ0) is 18.0. The Kier molecular flexibility index (Phi) is 5.90.